The molecule has 0 aromatic heterocycles. The fraction of sp³-hybridized carbons (Fsp3) is 0.846. The summed E-state index contributed by atoms with van der Waals surface area (Å²) in [6, 6.07) is -3.02. The smallest absolute Gasteiger partial charge is 0.349 e. The van der Waals surface area contributed by atoms with E-state index >= 15 is 0 Å². The van der Waals surface area contributed by atoms with Gasteiger partial charge in [0.05, 0.1) is 24.3 Å². The first-order valence-electron chi connectivity index (χ1n) is 13.0. The number of aliphatic hydroxyl groups is 2. The van der Waals surface area contributed by atoms with Crippen LogP contribution in [0, 0.1) is 17.3 Å². The molecule has 0 saturated carbocycles. The van der Waals surface area contributed by atoms with E-state index in [9.17, 15) is 34.5 Å². The first kappa shape index (κ1) is 35.1. The highest BCUT2D eigenvalue weighted by Gasteiger charge is 2.70. The number of hydrogen-bond donors (Lipinski definition) is 6. The van der Waals surface area contributed by atoms with Crippen molar-refractivity contribution in [1.82, 2.24) is 16.0 Å². The summed E-state index contributed by atoms with van der Waals surface area (Å²) >= 11 is 0. The molecule has 0 radical (unpaired) electrons. The van der Waals surface area contributed by atoms with Crippen LogP contribution in [0.2, 0.25) is 0 Å². The molecule has 0 aliphatic heterocycles. The summed E-state index contributed by atoms with van der Waals surface area (Å²) in [4.78, 5) is 55.5. The minimum Gasteiger partial charge on any atom is -0.478 e. The number of carboxylic acid groups (broad SMARTS) is 1. The zero-order chi connectivity index (χ0) is 29.3. The maximum atomic E-state index is 14.6. The van der Waals surface area contributed by atoms with Gasteiger partial charge in [-0.15, -0.1) is 0 Å². The lowest BCUT2D eigenvalue weighted by atomic mass is 9.57. The number of carboxylic acids is 1. The Morgan fingerprint density at radius 1 is 0.784 bits per heavy atom. The normalized spacial score (nSPS) is 20.0. The second-order valence-corrected chi connectivity index (χ2v) is 10.5. The molecule has 11 nitrogen and oxygen atoms in total. The molecule has 11 heteroatoms. The summed E-state index contributed by atoms with van der Waals surface area (Å²) in [5, 5.41) is 40.3. The van der Waals surface area contributed by atoms with Gasteiger partial charge in [-0.25, -0.2) is 4.79 Å². The highest BCUT2D eigenvalue weighted by Crippen LogP contribution is 2.47. The van der Waals surface area contributed by atoms with Crippen molar-refractivity contribution in [2.45, 2.75) is 104 Å². The lowest BCUT2D eigenvalue weighted by Gasteiger charge is -2.49. The minimum absolute atomic E-state index is 0.337. The van der Waals surface area contributed by atoms with Crippen molar-refractivity contribution in [3.63, 3.8) is 0 Å². The fourth-order valence-corrected chi connectivity index (χ4v) is 4.95. The van der Waals surface area contributed by atoms with Gasteiger partial charge in [0.1, 0.15) is 11.5 Å². The number of ether oxygens (including phenoxy) is 1. The molecule has 0 aromatic rings. The summed E-state index contributed by atoms with van der Waals surface area (Å²) in [5.41, 5.74) is -5.37. The highest BCUT2D eigenvalue weighted by atomic mass is 16.6. The number of Topliss-reactive ketones (excluding diaryl/α,β-unsaturated/α-hetero) is 2. The maximum Gasteiger partial charge on any atom is 0.349 e. The second-order valence-electron chi connectivity index (χ2n) is 10.5. The molecule has 0 fully saturated rings. The average molecular weight is 532 g/mol. The predicted octanol–water partition coefficient (Wildman–Crippen LogP) is 0.505. The monoisotopic (exact) mass is 531 g/mol. The quantitative estimate of drug-likeness (QED) is 0.107. The largest absolute Gasteiger partial charge is 0.478 e. The van der Waals surface area contributed by atoms with Gasteiger partial charge >= 0.3 is 11.9 Å². The molecule has 4 unspecified atom stereocenters. The van der Waals surface area contributed by atoms with Crippen LogP contribution in [0.3, 0.4) is 0 Å². The van der Waals surface area contributed by atoms with Crippen LogP contribution >= 0.6 is 0 Å². The zero-order valence-corrected chi connectivity index (χ0v) is 24.0. The van der Waals surface area contributed by atoms with E-state index in [1.54, 1.807) is 20.8 Å². The Hall–Kier alpha value is -1.92. The zero-order valence-electron chi connectivity index (χ0n) is 24.0. The van der Waals surface area contributed by atoms with Gasteiger partial charge in [-0.1, -0.05) is 34.1 Å². The molecule has 0 saturated heterocycles. The standard InChI is InChI=1S/C26H49N3O8/c1-11-15(4)20(29-10)22(33)25(12-16(5)30,21(32)19(28-9)14(2)3)26(24(35)36,13-17(6)31)37-23(34)18(7)27-8/h14-20,27-31H,11-13H2,1-10H3,(H,35,36)/t15-,16?,17?,18+,19+,20+,25?,26?/m0/s1. The average Bonchev–Trinajstić information content (AvgIpc) is 2.80. The molecule has 0 rings (SSSR count). The van der Waals surface area contributed by atoms with Crippen molar-refractivity contribution >= 4 is 23.5 Å². The van der Waals surface area contributed by atoms with Crippen LogP contribution in [0.25, 0.3) is 0 Å². The third-order valence-electron chi connectivity index (χ3n) is 7.19. The van der Waals surface area contributed by atoms with Crippen molar-refractivity contribution in [1.29, 1.82) is 0 Å². The van der Waals surface area contributed by atoms with Gasteiger partial charge in [-0.3, -0.25) is 14.4 Å². The summed E-state index contributed by atoms with van der Waals surface area (Å²) in [7, 11) is 4.51. The molecule has 0 aliphatic rings. The van der Waals surface area contributed by atoms with Crippen molar-refractivity contribution in [3.8, 4) is 0 Å². The molecule has 0 amide bonds. The van der Waals surface area contributed by atoms with Crippen LogP contribution in [0.1, 0.15) is 67.7 Å². The summed E-state index contributed by atoms with van der Waals surface area (Å²) < 4.78 is 5.68. The van der Waals surface area contributed by atoms with Crippen molar-refractivity contribution in [2.75, 3.05) is 21.1 Å². The van der Waals surface area contributed by atoms with Gasteiger partial charge in [-0.05, 0) is 60.2 Å². The number of aliphatic hydroxyl groups excluding tert-OH is 2. The minimum atomic E-state index is -2.82. The number of nitrogens with one attached hydrogen (secondary N) is 3. The first-order chi connectivity index (χ1) is 17.0. The molecule has 0 bridgehead atoms. The third-order valence-corrected chi connectivity index (χ3v) is 7.19. The van der Waals surface area contributed by atoms with Crippen molar-refractivity contribution < 1.29 is 39.2 Å². The van der Waals surface area contributed by atoms with Crippen LogP contribution < -0.4 is 16.0 Å². The molecule has 0 aliphatic carbocycles. The molecule has 0 aromatic carbocycles. The summed E-state index contributed by atoms with van der Waals surface area (Å²) in [5.74, 6) is -5.14. The second kappa shape index (κ2) is 14.9. The molecular weight excluding hydrogens is 482 g/mol. The van der Waals surface area contributed by atoms with E-state index in [0.29, 0.717) is 6.42 Å². The molecule has 0 spiro atoms. The van der Waals surface area contributed by atoms with E-state index in [1.165, 1.54) is 41.9 Å². The Balaban J connectivity index is 8.00. The number of carbonyl (C=O) groups is 4. The van der Waals surface area contributed by atoms with Crippen LogP contribution in [0.15, 0.2) is 0 Å². The number of ketones is 2. The molecule has 37 heavy (non-hydrogen) atoms. The van der Waals surface area contributed by atoms with Crippen molar-refractivity contribution in [2.24, 2.45) is 17.3 Å². The number of hydrogen-bond acceptors (Lipinski definition) is 10. The lowest BCUT2D eigenvalue weighted by Crippen LogP contribution is -2.72. The lowest BCUT2D eigenvalue weighted by molar-refractivity contribution is -0.209. The molecule has 0 heterocycles. The number of esters is 1. The van der Waals surface area contributed by atoms with E-state index in [0.717, 1.165) is 0 Å². The third kappa shape index (κ3) is 7.57. The number of carbonyl (C=O) groups excluding carboxylic acids is 3. The molecular formula is C26H49N3O8. The Kier molecular flexibility index (Phi) is 14.1. The van der Waals surface area contributed by atoms with Crippen LogP contribution in [-0.2, 0) is 23.9 Å². The van der Waals surface area contributed by atoms with Gasteiger partial charge in [0.25, 0.3) is 0 Å². The molecule has 6 N–H and O–H groups in total. The summed E-state index contributed by atoms with van der Waals surface area (Å²) in [6.07, 6.45) is -3.58. The van der Waals surface area contributed by atoms with Crippen LogP contribution in [-0.4, -0.2) is 95.9 Å². The van der Waals surface area contributed by atoms with Crippen molar-refractivity contribution in [3.05, 3.63) is 0 Å². The Morgan fingerprint density at radius 2 is 1.24 bits per heavy atom. The summed E-state index contributed by atoms with van der Waals surface area (Å²) in [6.45, 7) is 11.2. The number of rotatable bonds is 18. The topological polar surface area (TPSA) is 174 Å². The van der Waals surface area contributed by atoms with E-state index in [4.69, 9.17) is 4.74 Å². The van der Waals surface area contributed by atoms with E-state index in [2.05, 4.69) is 16.0 Å². The van der Waals surface area contributed by atoms with Crippen LogP contribution in [0.5, 0.6) is 0 Å². The van der Waals surface area contributed by atoms with Gasteiger partial charge in [0.2, 0.25) is 5.60 Å². The Bertz CT molecular complexity index is 788. The van der Waals surface area contributed by atoms with E-state index < -0.39 is 77.7 Å². The van der Waals surface area contributed by atoms with Gasteiger partial charge in [-0.2, -0.15) is 0 Å². The number of likely N-dealkylation sites (N-methyl/N-ethyl adjacent to an activating group) is 3. The highest BCUT2D eigenvalue weighted by molar-refractivity contribution is 6.16. The van der Waals surface area contributed by atoms with Gasteiger partial charge in [0.15, 0.2) is 11.6 Å². The maximum absolute atomic E-state index is 14.6. The molecule has 8 atom stereocenters. The van der Waals surface area contributed by atoms with E-state index in [-0.39, 0.29) is 11.8 Å². The molecule has 216 valence electrons. The van der Waals surface area contributed by atoms with Gasteiger partial charge < -0.3 is 36.0 Å². The first-order valence-corrected chi connectivity index (χ1v) is 13.0. The Labute approximate surface area is 221 Å². The number of aliphatic carboxylic acids is 1. The fourth-order valence-electron chi connectivity index (χ4n) is 4.95. The van der Waals surface area contributed by atoms with Crippen LogP contribution in [0.4, 0.5) is 0 Å². The van der Waals surface area contributed by atoms with Gasteiger partial charge in [0, 0.05) is 6.42 Å². The SMILES string of the molecule is CC[C@H](C)[C@@H](NC)C(=O)C(CC(C)O)(C(=O)[C@H](NC)C(C)C)C(CC(C)O)(OC(=O)[C@@H](C)NC)C(=O)O. The Morgan fingerprint density at radius 3 is 1.57 bits per heavy atom. The predicted molar refractivity (Wildman–Crippen MR) is 140 cm³/mol. The van der Waals surface area contributed by atoms with E-state index in [1.807, 2.05) is 6.92 Å².